The van der Waals surface area contributed by atoms with Crippen LogP contribution < -0.4 is 16.4 Å². The number of amides is 3. The van der Waals surface area contributed by atoms with Gasteiger partial charge in [-0.3, -0.25) is 19.7 Å². The molecule has 0 radical (unpaired) electrons. The fourth-order valence-corrected chi connectivity index (χ4v) is 2.07. The second-order valence-electron chi connectivity index (χ2n) is 4.81. The lowest BCUT2D eigenvalue weighted by Crippen LogP contribution is -2.55. The molecule has 2 rings (SSSR count). The molecule has 0 spiro atoms. The fourth-order valence-electron chi connectivity index (χ4n) is 2.07. The molecule has 1 aromatic carbocycles. The van der Waals surface area contributed by atoms with Crippen LogP contribution in [0.15, 0.2) is 30.3 Å². The number of piperidine rings is 1. The van der Waals surface area contributed by atoms with E-state index in [1.165, 1.54) is 0 Å². The number of carbonyl (C=O) groups is 3. The van der Waals surface area contributed by atoms with Crippen LogP contribution in [0, 0.1) is 0 Å². The van der Waals surface area contributed by atoms with E-state index >= 15 is 0 Å². The molecule has 0 saturated carbocycles. The third-order valence-corrected chi connectivity index (χ3v) is 3.19. The Kier molecular flexibility index (Phi) is 4.47. The summed E-state index contributed by atoms with van der Waals surface area (Å²) in [5.41, 5.74) is 6.79. The molecule has 0 bridgehead atoms. The summed E-state index contributed by atoms with van der Waals surface area (Å²) >= 11 is 0. The van der Waals surface area contributed by atoms with Gasteiger partial charge in [-0.1, -0.05) is 30.3 Å². The summed E-state index contributed by atoms with van der Waals surface area (Å²) in [6.07, 6.45) is 0.943. The summed E-state index contributed by atoms with van der Waals surface area (Å²) in [6.45, 7) is 0. The maximum Gasteiger partial charge on any atom is 0.249 e. The number of hydrogen-bond donors (Lipinski definition) is 3. The van der Waals surface area contributed by atoms with E-state index in [1.54, 1.807) is 0 Å². The number of carbonyl (C=O) groups excluding carboxylic acids is 3. The van der Waals surface area contributed by atoms with E-state index in [4.69, 9.17) is 5.73 Å². The molecule has 3 amide bonds. The Morgan fingerprint density at radius 1 is 1.35 bits per heavy atom. The Morgan fingerprint density at radius 3 is 2.70 bits per heavy atom. The Hall–Kier alpha value is -2.21. The van der Waals surface area contributed by atoms with Crippen molar-refractivity contribution < 1.29 is 14.4 Å². The van der Waals surface area contributed by atoms with Crippen molar-refractivity contribution >= 4 is 17.7 Å². The van der Waals surface area contributed by atoms with E-state index in [2.05, 4.69) is 10.6 Å². The van der Waals surface area contributed by atoms with Crippen molar-refractivity contribution in [3.8, 4) is 0 Å². The van der Waals surface area contributed by atoms with Crippen molar-refractivity contribution in [2.24, 2.45) is 5.73 Å². The van der Waals surface area contributed by atoms with Gasteiger partial charge in [0.2, 0.25) is 17.7 Å². The van der Waals surface area contributed by atoms with E-state index in [9.17, 15) is 14.4 Å². The van der Waals surface area contributed by atoms with Gasteiger partial charge in [-0.2, -0.15) is 0 Å². The number of nitrogens with one attached hydrogen (secondary N) is 2. The summed E-state index contributed by atoms with van der Waals surface area (Å²) in [5.74, 6) is -1.17. The van der Waals surface area contributed by atoms with Gasteiger partial charge in [-0.05, 0) is 18.4 Å². The third-order valence-electron chi connectivity index (χ3n) is 3.19. The Bertz CT molecular complexity index is 516. The maximum atomic E-state index is 11.9. The van der Waals surface area contributed by atoms with Gasteiger partial charge in [-0.15, -0.1) is 0 Å². The molecule has 1 aliphatic rings. The molecule has 4 N–H and O–H groups in total. The van der Waals surface area contributed by atoms with Gasteiger partial charge in [0.1, 0.15) is 6.04 Å². The highest BCUT2D eigenvalue weighted by Crippen LogP contribution is 2.06. The van der Waals surface area contributed by atoms with Gasteiger partial charge in [0.15, 0.2) is 0 Å². The van der Waals surface area contributed by atoms with Crippen LogP contribution in [0.4, 0.5) is 0 Å². The lowest BCUT2D eigenvalue weighted by molar-refractivity contribution is -0.137. The number of rotatable bonds is 4. The van der Waals surface area contributed by atoms with Crippen LogP contribution in [0.2, 0.25) is 0 Å². The van der Waals surface area contributed by atoms with Crippen LogP contribution in [-0.2, 0) is 20.8 Å². The number of nitrogens with two attached hydrogens (primary N) is 1. The topological polar surface area (TPSA) is 101 Å². The van der Waals surface area contributed by atoms with Crippen LogP contribution in [-0.4, -0.2) is 29.8 Å². The smallest absolute Gasteiger partial charge is 0.249 e. The van der Waals surface area contributed by atoms with Gasteiger partial charge in [0.05, 0.1) is 6.04 Å². The Labute approximate surface area is 116 Å². The molecule has 0 aromatic heterocycles. The first-order chi connectivity index (χ1) is 9.56. The summed E-state index contributed by atoms with van der Waals surface area (Å²) in [4.78, 5) is 34.5. The van der Waals surface area contributed by atoms with Crippen LogP contribution >= 0.6 is 0 Å². The minimum atomic E-state index is -0.720. The highest BCUT2D eigenvalue weighted by atomic mass is 16.2. The first-order valence-electron chi connectivity index (χ1n) is 6.50. The molecule has 106 valence electrons. The first-order valence-corrected chi connectivity index (χ1v) is 6.50. The standard InChI is InChI=1S/C14H17N3O3/c15-10(8-9-4-2-1-3-5-9)13(19)16-11-6-7-12(18)17-14(11)20/h1-5,10-11H,6-8,15H2,(H,16,19)(H,17,18,20). The van der Waals surface area contributed by atoms with Crippen LogP contribution in [0.5, 0.6) is 0 Å². The summed E-state index contributed by atoms with van der Waals surface area (Å²) in [5, 5.41) is 4.77. The van der Waals surface area contributed by atoms with Crippen molar-refractivity contribution in [2.45, 2.75) is 31.3 Å². The summed E-state index contributed by atoms with van der Waals surface area (Å²) < 4.78 is 0. The molecular weight excluding hydrogens is 258 g/mol. The fraction of sp³-hybridized carbons (Fsp3) is 0.357. The zero-order valence-corrected chi connectivity index (χ0v) is 11.0. The SMILES string of the molecule is NC(Cc1ccccc1)C(=O)NC1CCC(=O)NC1=O. The van der Waals surface area contributed by atoms with E-state index < -0.39 is 18.0 Å². The van der Waals surface area contributed by atoms with Gasteiger partial charge in [0.25, 0.3) is 0 Å². The molecule has 1 heterocycles. The Balaban J connectivity index is 1.88. The first kappa shape index (κ1) is 14.2. The molecule has 1 aliphatic heterocycles. The predicted octanol–water partition coefficient (Wildman–Crippen LogP) is -0.522. The zero-order chi connectivity index (χ0) is 14.5. The molecule has 6 nitrogen and oxygen atoms in total. The minimum absolute atomic E-state index is 0.227. The van der Waals surface area contributed by atoms with Gasteiger partial charge < -0.3 is 11.1 Å². The van der Waals surface area contributed by atoms with Crippen molar-refractivity contribution in [1.29, 1.82) is 0 Å². The van der Waals surface area contributed by atoms with Crippen LogP contribution in [0.1, 0.15) is 18.4 Å². The van der Waals surface area contributed by atoms with E-state index in [0.717, 1.165) is 5.56 Å². The monoisotopic (exact) mass is 275 g/mol. The summed E-state index contributed by atoms with van der Waals surface area (Å²) in [6, 6.07) is 8.02. The second-order valence-corrected chi connectivity index (χ2v) is 4.81. The summed E-state index contributed by atoms with van der Waals surface area (Å²) in [7, 11) is 0. The molecule has 6 heteroatoms. The lowest BCUT2D eigenvalue weighted by atomic mass is 10.0. The third kappa shape index (κ3) is 3.64. The van der Waals surface area contributed by atoms with Crippen molar-refractivity contribution in [3.05, 3.63) is 35.9 Å². The van der Waals surface area contributed by atoms with Crippen LogP contribution in [0.25, 0.3) is 0 Å². The molecule has 0 aliphatic carbocycles. The van der Waals surface area contributed by atoms with Gasteiger partial charge in [0, 0.05) is 6.42 Å². The van der Waals surface area contributed by atoms with Gasteiger partial charge in [-0.25, -0.2) is 0 Å². The number of benzene rings is 1. The maximum absolute atomic E-state index is 11.9. The minimum Gasteiger partial charge on any atom is -0.343 e. The predicted molar refractivity (Wildman–Crippen MR) is 72.4 cm³/mol. The Morgan fingerprint density at radius 2 is 2.05 bits per heavy atom. The highest BCUT2D eigenvalue weighted by Gasteiger charge is 2.29. The van der Waals surface area contributed by atoms with Crippen molar-refractivity contribution in [3.63, 3.8) is 0 Å². The van der Waals surface area contributed by atoms with E-state index in [0.29, 0.717) is 12.8 Å². The van der Waals surface area contributed by atoms with Crippen LogP contribution in [0.3, 0.4) is 0 Å². The highest BCUT2D eigenvalue weighted by molar-refractivity contribution is 6.02. The normalized spacial score (nSPS) is 20.1. The molecule has 20 heavy (non-hydrogen) atoms. The van der Waals surface area contributed by atoms with Gasteiger partial charge >= 0.3 is 0 Å². The molecule has 2 unspecified atom stereocenters. The van der Waals surface area contributed by atoms with Crippen molar-refractivity contribution in [1.82, 2.24) is 10.6 Å². The number of imide groups is 1. The molecule has 1 aromatic rings. The quantitative estimate of drug-likeness (QED) is 0.643. The molecule has 1 fully saturated rings. The molecular formula is C14H17N3O3. The van der Waals surface area contributed by atoms with E-state index in [1.807, 2.05) is 30.3 Å². The van der Waals surface area contributed by atoms with E-state index in [-0.39, 0.29) is 18.2 Å². The average molecular weight is 275 g/mol. The largest absolute Gasteiger partial charge is 0.343 e. The molecule has 2 atom stereocenters. The van der Waals surface area contributed by atoms with Crippen molar-refractivity contribution in [2.75, 3.05) is 0 Å². The average Bonchev–Trinajstić information content (AvgIpc) is 2.43. The molecule has 1 saturated heterocycles. The second kappa shape index (κ2) is 6.29. The number of hydrogen-bond acceptors (Lipinski definition) is 4. The zero-order valence-electron chi connectivity index (χ0n) is 11.0. The lowest BCUT2D eigenvalue weighted by Gasteiger charge is -2.23.